The van der Waals surface area contributed by atoms with Gasteiger partial charge in [-0.25, -0.2) is 9.97 Å². The molecule has 0 aliphatic rings. The zero-order chi connectivity index (χ0) is 12.9. The third-order valence-corrected chi connectivity index (χ3v) is 2.54. The first-order valence-corrected chi connectivity index (χ1v) is 5.87. The van der Waals surface area contributed by atoms with E-state index < -0.39 is 0 Å². The summed E-state index contributed by atoms with van der Waals surface area (Å²) in [5.74, 6) is 1.69. The highest BCUT2D eigenvalue weighted by Crippen LogP contribution is 2.19. The summed E-state index contributed by atoms with van der Waals surface area (Å²) >= 11 is 0. The van der Waals surface area contributed by atoms with Gasteiger partial charge in [-0.15, -0.1) is 0 Å². The molecule has 96 valence electrons. The molecule has 0 saturated heterocycles. The Hall–Kier alpha value is -1.36. The van der Waals surface area contributed by atoms with Crippen molar-refractivity contribution in [2.24, 2.45) is 0 Å². The van der Waals surface area contributed by atoms with Gasteiger partial charge in [-0.1, -0.05) is 0 Å². The van der Waals surface area contributed by atoms with Crippen molar-refractivity contribution in [1.29, 1.82) is 0 Å². The molecular weight excluding hydrogens is 216 g/mol. The van der Waals surface area contributed by atoms with Crippen LogP contribution in [-0.2, 0) is 4.74 Å². The first kappa shape index (κ1) is 13.7. The van der Waals surface area contributed by atoms with Crippen LogP contribution in [0.5, 0.6) is 0 Å². The molecule has 0 unspecified atom stereocenters. The molecule has 1 rings (SSSR count). The maximum atomic E-state index is 5.63. The van der Waals surface area contributed by atoms with E-state index in [1.165, 1.54) is 0 Å². The maximum Gasteiger partial charge on any atom is 0.134 e. The minimum Gasteiger partial charge on any atom is -0.374 e. The third kappa shape index (κ3) is 3.85. The van der Waals surface area contributed by atoms with Crippen LogP contribution in [0.1, 0.15) is 26.3 Å². The second-order valence-corrected chi connectivity index (χ2v) is 4.49. The van der Waals surface area contributed by atoms with Gasteiger partial charge >= 0.3 is 0 Å². The number of nitrogens with one attached hydrogen (secondary N) is 2. The van der Waals surface area contributed by atoms with Crippen molar-refractivity contribution in [3.63, 3.8) is 0 Å². The quantitative estimate of drug-likeness (QED) is 0.794. The fourth-order valence-electron chi connectivity index (χ4n) is 1.62. The van der Waals surface area contributed by atoms with E-state index in [1.54, 1.807) is 6.33 Å². The molecule has 0 aliphatic carbocycles. The molecule has 0 fully saturated rings. The van der Waals surface area contributed by atoms with Crippen LogP contribution in [0.25, 0.3) is 0 Å². The van der Waals surface area contributed by atoms with Gasteiger partial charge in [0.05, 0.1) is 5.60 Å². The van der Waals surface area contributed by atoms with Crippen molar-refractivity contribution in [3.8, 4) is 0 Å². The Bertz CT molecular complexity index is 366. The molecule has 0 atom stereocenters. The summed E-state index contributed by atoms with van der Waals surface area (Å²) in [4.78, 5) is 8.38. The highest BCUT2D eigenvalue weighted by Gasteiger charge is 2.18. The van der Waals surface area contributed by atoms with E-state index in [0.717, 1.165) is 17.2 Å². The van der Waals surface area contributed by atoms with Gasteiger partial charge in [0.15, 0.2) is 0 Å². The second-order valence-electron chi connectivity index (χ2n) is 4.49. The molecule has 0 spiro atoms. The topological polar surface area (TPSA) is 59.1 Å². The fraction of sp³-hybridized carbons (Fsp3) is 0.667. The van der Waals surface area contributed by atoms with Crippen molar-refractivity contribution in [2.45, 2.75) is 33.3 Å². The van der Waals surface area contributed by atoms with Gasteiger partial charge in [0.25, 0.3) is 0 Å². The lowest BCUT2D eigenvalue weighted by atomic mass is 10.1. The summed E-state index contributed by atoms with van der Waals surface area (Å²) in [7, 11) is 1.85. The lowest BCUT2D eigenvalue weighted by Crippen LogP contribution is -2.33. The molecule has 5 nitrogen and oxygen atoms in total. The van der Waals surface area contributed by atoms with Crippen molar-refractivity contribution >= 4 is 11.6 Å². The van der Waals surface area contributed by atoms with E-state index >= 15 is 0 Å². The summed E-state index contributed by atoms with van der Waals surface area (Å²) in [5.41, 5.74) is 0.814. The summed E-state index contributed by atoms with van der Waals surface area (Å²) in [5, 5.41) is 6.33. The van der Waals surface area contributed by atoms with Crippen LogP contribution in [-0.4, -0.2) is 35.8 Å². The van der Waals surface area contributed by atoms with Gasteiger partial charge in [0, 0.05) is 25.8 Å². The largest absolute Gasteiger partial charge is 0.374 e. The molecule has 1 heterocycles. The molecule has 17 heavy (non-hydrogen) atoms. The van der Waals surface area contributed by atoms with Crippen molar-refractivity contribution in [1.82, 2.24) is 9.97 Å². The Morgan fingerprint density at radius 3 is 2.53 bits per heavy atom. The van der Waals surface area contributed by atoms with E-state index in [1.807, 2.05) is 20.9 Å². The molecule has 0 aliphatic heterocycles. The predicted molar refractivity (Wildman–Crippen MR) is 70.5 cm³/mol. The monoisotopic (exact) mass is 238 g/mol. The molecule has 0 amide bonds. The highest BCUT2D eigenvalue weighted by atomic mass is 16.5. The third-order valence-electron chi connectivity index (χ3n) is 2.54. The Labute approximate surface area is 103 Å². The van der Waals surface area contributed by atoms with Gasteiger partial charge in [-0.2, -0.15) is 0 Å². The first-order chi connectivity index (χ1) is 8.00. The van der Waals surface area contributed by atoms with Gasteiger partial charge in [-0.05, 0) is 27.7 Å². The SMILES string of the molecule is CCOC(C)(C)CNc1ncnc(NC)c1C. The van der Waals surface area contributed by atoms with Gasteiger partial charge in [0.1, 0.15) is 18.0 Å². The first-order valence-electron chi connectivity index (χ1n) is 5.87. The molecule has 2 N–H and O–H groups in total. The minimum atomic E-state index is -0.202. The van der Waals surface area contributed by atoms with Crippen LogP contribution < -0.4 is 10.6 Å². The standard InChI is InChI=1S/C12H22N4O/c1-6-17-12(3,4)7-14-11-9(2)10(13-5)15-8-16-11/h8H,6-7H2,1-5H3,(H2,13,14,15,16). The lowest BCUT2D eigenvalue weighted by Gasteiger charge is -2.25. The molecule has 0 aromatic carbocycles. The number of aromatic nitrogens is 2. The number of hydrogen-bond acceptors (Lipinski definition) is 5. The van der Waals surface area contributed by atoms with E-state index in [0.29, 0.717) is 13.2 Å². The van der Waals surface area contributed by atoms with Crippen molar-refractivity contribution < 1.29 is 4.74 Å². The van der Waals surface area contributed by atoms with Crippen LogP contribution in [0.4, 0.5) is 11.6 Å². The zero-order valence-corrected chi connectivity index (χ0v) is 11.3. The van der Waals surface area contributed by atoms with Gasteiger partial charge in [0.2, 0.25) is 0 Å². The number of ether oxygens (including phenoxy) is 1. The minimum absolute atomic E-state index is 0.202. The second kappa shape index (κ2) is 5.82. The van der Waals surface area contributed by atoms with Crippen LogP contribution in [0.3, 0.4) is 0 Å². The number of nitrogens with zero attached hydrogens (tertiary/aromatic N) is 2. The van der Waals surface area contributed by atoms with E-state index in [2.05, 4.69) is 34.4 Å². The summed E-state index contributed by atoms with van der Waals surface area (Å²) in [6, 6.07) is 0. The molecular formula is C12H22N4O. The van der Waals surface area contributed by atoms with Crippen LogP contribution in [0.15, 0.2) is 6.33 Å². The van der Waals surface area contributed by atoms with Crippen LogP contribution in [0, 0.1) is 6.92 Å². The highest BCUT2D eigenvalue weighted by molar-refractivity contribution is 5.56. The van der Waals surface area contributed by atoms with Crippen molar-refractivity contribution in [2.75, 3.05) is 30.8 Å². The average molecular weight is 238 g/mol. The van der Waals surface area contributed by atoms with E-state index in [9.17, 15) is 0 Å². The van der Waals surface area contributed by atoms with Gasteiger partial charge < -0.3 is 15.4 Å². The van der Waals surface area contributed by atoms with Gasteiger partial charge in [-0.3, -0.25) is 0 Å². The summed E-state index contributed by atoms with van der Waals surface area (Å²) < 4.78 is 5.63. The number of anilines is 2. The fourth-order valence-corrected chi connectivity index (χ4v) is 1.62. The molecule has 5 heteroatoms. The lowest BCUT2D eigenvalue weighted by molar-refractivity contribution is 0.000635. The number of rotatable bonds is 6. The molecule has 1 aromatic rings. The number of hydrogen-bond donors (Lipinski definition) is 2. The summed E-state index contributed by atoms with van der Waals surface area (Å²) in [6.45, 7) is 9.51. The Balaban J connectivity index is 2.69. The average Bonchev–Trinajstić information content (AvgIpc) is 2.28. The maximum absolute atomic E-state index is 5.63. The molecule has 0 radical (unpaired) electrons. The Morgan fingerprint density at radius 1 is 1.29 bits per heavy atom. The molecule has 1 aromatic heterocycles. The van der Waals surface area contributed by atoms with Crippen LogP contribution >= 0.6 is 0 Å². The summed E-state index contributed by atoms with van der Waals surface area (Å²) in [6.07, 6.45) is 1.55. The normalized spacial score (nSPS) is 11.4. The smallest absolute Gasteiger partial charge is 0.134 e. The Morgan fingerprint density at radius 2 is 1.94 bits per heavy atom. The predicted octanol–water partition coefficient (Wildman–Crippen LogP) is 2.05. The Kier molecular flexibility index (Phi) is 4.69. The van der Waals surface area contributed by atoms with Crippen molar-refractivity contribution in [3.05, 3.63) is 11.9 Å². The molecule has 0 bridgehead atoms. The molecule has 0 saturated carbocycles. The van der Waals surface area contributed by atoms with E-state index in [-0.39, 0.29) is 5.60 Å². The zero-order valence-electron chi connectivity index (χ0n) is 11.3. The van der Waals surface area contributed by atoms with E-state index in [4.69, 9.17) is 4.74 Å². The van der Waals surface area contributed by atoms with Crippen LogP contribution in [0.2, 0.25) is 0 Å².